The first-order valence-corrected chi connectivity index (χ1v) is 10.2. The molecule has 0 bridgehead atoms. The molecule has 166 valence electrons. The largest absolute Gasteiger partial charge is 0.340 e. The van der Waals surface area contributed by atoms with Crippen LogP contribution < -0.4 is 16.0 Å². The third kappa shape index (κ3) is 6.76. The van der Waals surface area contributed by atoms with Crippen LogP contribution in [0.3, 0.4) is 0 Å². The van der Waals surface area contributed by atoms with Crippen molar-refractivity contribution in [3.8, 4) is 0 Å². The molecule has 1 amide bonds. The SMILES string of the molecule is Cc1ccc(NC(=O)C=CCN(C)C)cc1Nc1cc(Nc2ccc(F)c(Cl)c2)ncn1. The van der Waals surface area contributed by atoms with Gasteiger partial charge in [0.2, 0.25) is 5.91 Å². The summed E-state index contributed by atoms with van der Waals surface area (Å²) in [6, 6.07) is 11.6. The van der Waals surface area contributed by atoms with Crippen LogP contribution >= 0.6 is 11.6 Å². The van der Waals surface area contributed by atoms with E-state index in [1.54, 1.807) is 18.2 Å². The highest BCUT2D eigenvalue weighted by Gasteiger charge is 2.07. The van der Waals surface area contributed by atoms with Gasteiger partial charge in [-0.25, -0.2) is 14.4 Å². The van der Waals surface area contributed by atoms with E-state index >= 15 is 0 Å². The second-order valence-electron chi connectivity index (χ2n) is 7.35. The number of hydrogen-bond donors (Lipinski definition) is 3. The Morgan fingerprint density at radius 2 is 1.78 bits per heavy atom. The molecule has 3 rings (SSSR count). The fourth-order valence-corrected chi connectivity index (χ4v) is 2.92. The number of aryl methyl sites for hydroxylation is 1. The molecule has 0 radical (unpaired) electrons. The Bertz CT molecular complexity index is 1140. The summed E-state index contributed by atoms with van der Waals surface area (Å²) in [4.78, 5) is 22.5. The molecular weight excluding hydrogens is 431 g/mol. The van der Waals surface area contributed by atoms with Crippen LogP contribution in [-0.2, 0) is 4.79 Å². The van der Waals surface area contributed by atoms with Crippen LogP contribution in [0.5, 0.6) is 0 Å². The summed E-state index contributed by atoms with van der Waals surface area (Å²) in [6.45, 7) is 2.63. The second kappa shape index (κ2) is 10.7. The van der Waals surface area contributed by atoms with E-state index in [2.05, 4.69) is 25.9 Å². The molecule has 3 N–H and O–H groups in total. The van der Waals surface area contributed by atoms with Crippen LogP contribution in [-0.4, -0.2) is 41.4 Å². The smallest absolute Gasteiger partial charge is 0.248 e. The van der Waals surface area contributed by atoms with Crippen LogP contribution in [0.2, 0.25) is 5.02 Å². The van der Waals surface area contributed by atoms with Crippen molar-refractivity contribution in [2.75, 3.05) is 36.6 Å². The molecule has 0 saturated carbocycles. The molecule has 2 aromatic carbocycles. The molecule has 1 heterocycles. The Kier molecular flexibility index (Phi) is 7.75. The van der Waals surface area contributed by atoms with E-state index in [-0.39, 0.29) is 10.9 Å². The summed E-state index contributed by atoms with van der Waals surface area (Å²) in [6.07, 6.45) is 4.72. The van der Waals surface area contributed by atoms with Gasteiger partial charge in [-0.05, 0) is 56.9 Å². The summed E-state index contributed by atoms with van der Waals surface area (Å²) < 4.78 is 13.4. The van der Waals surface area contributed by atoms with Crippen molar-refractivity contribution in [1.82, 2.24) is 14.9 Å². The van der Waals surface area contributed by atoms with Gasteiger partial charge in [0.1, 0.15) is 23.8 Å². The topological polar surface area (TPSA) is 82.2 Å². The van der Waals surface area contributed by atoms with Gasteiger partial charge in [0.15, 0.2) is 0 Å². The first-order chi connectivity index (χ1) is 15.3. The van der Waals surface area contributed by atoms with E-state index in [0.29, 0.717) is 29.6 Å². The summed E-state index contributed by atoms with van der Waals surface area (Å²) in [5.74, 6) is 0.373. The third-order valence-electron chi connectivity index (χ3n) is 4.37. The Balaban J connectivity index is 1.70. The number of carbonyl (C=O) groups is 1. The summed E-state index contributed by atoms with van der Waals surface area (Å²) in [5.41, 5.74) is 3.02. The Hall–Kier alpha value is -3.49. The molecule has 0 aliphatic carbocycles. The zero-order valence-corrected chi connectivity index (χ0v) is 18.7. The molecule has 0 saturated heterocycles. The van der Waals surface area contributed by atoms with Gasteiger partial charge in [-0.1, -0.05) is 23.7 Å². The molecule has 9 heteroatoms. The van der Waals surface area contributed by atoms with Crippen LogP contribution in [0.1, 0.15) is 5.56 Å². The number of halogens is 2. The zero-order valence-electron chi connectivity index (χ0n) is 18.0. The maximum atomic E-state index is 13.4. The third-order valence-corrected chi connectivity index (χ3v) is 4.66. The summed E-state index contributed by atoms with van der Waals surface area (Å²) in [7, 11) is 3.87. The van der Waals surface area contributed by atoms with Crippen molar-refractivity contribution >= 4 is 46.2 Å². The second-order valence-corrected chi connectivity index (χ2v) is 7.76. The van der Waals surface area contributed by atoms with Crippen LogP contribution in [0.4, 0.5) is 33.1 Å². The van der Waals surface area contributed by atoms with Gasteiger partial charge < -0.3 is 20.9 Å². The van der Waals surface area contributed by atoms with Crippen molar-refractivity contribution in [3.05, 3.63) is 77.3 Å². The Morgan fingerprint density at radius 1 is 1.06 bits per heavy atom. The minimum absolute atomic E-state index is 0.0217. The zero-order chi connectivity index (χ0) is 23.1. The lowest BCUT2D eigenvalue weighted by Crippen LogP contribution is -2.13. The number of amides is 1. The summed E-state index contributed by atoms with van der Waals surface area (Å²) >= 11 is 5.83. The minimum atomic E-state index is -0.488. The van der Waals surface area contributed by atoms with Crippen LogP contribution in [0.15, 0.2) is 60.9 Å². The maximum absolute atomic E-state index is 13.4. The lowest BCUT2D eigenvalue weighted by atomic mass is 10.1. The lowest BCUT2D eigenvalue weighted by Gasteiger charge is -2.12. The number of likely N-dealkylation sites (N-methyl/N-ethyl adjacent to an activating group) is 1. The van der Waals surface area contributed by atoms with E-state index in [0.717, 1.165) is 11.3 Å². The van der Waals surface area contributed by atoms with Crippen molar-refractivity contribution in [3.63, 3.8) is 0 Å². The predicted molar refractivity (Wildman–Crippen MR) is 128 cm³/mol. The average Bonchev–Trinajstić information content (AvgIpc) is 2.73. The molecule has 0 spiro atoms. The Morgan fingerprint density at radius 3 is 2.50 bits per heavy atom. The van der Waals surface area contributed by atoms with E-state index in [9.17, 15) is 9.18 Å². The van der Waals surface area contributed by atoms with E-state index in [1.807, 2.05) is 44.1 Å². The Labute approximate surface area is 191 Å². The van der Waals surface area contributed by atoms with Gasteiger partial charge in [-0.15, -0.1) is 0 Å². The number of rotatable bonds is 8. The number of hydrogen-bond acceptors (Lipinski definition) is 6. The van der Waals surface area contributed by atoms with E-state index < -0.39 is 5.82 Å². The normalized spacial score (nSPS) is 11.1. The van der Waals surface area contributed by atoms with Crippen LogP contribution in [0, 0.1) is 12.7 Å². The van der Waals surface area contributed by atoms with Gasteiger partial charge in [-0.3, -0.25) is 4.79 Å². The van der Waals surface area contributed by atoms with Crippen molar-refractivity contribution in [2.45, 2.75) is 6.92 Å². The highest BCUT2D eigenvalue weighted by atomic mass is 35.5. The molecule has 0 atom stereocenters. The summed E-state index contributed by atoms with van der Waals surface area (Å²) in [5, 5.41) is 9.18. The van der Waals surface area contributed by atoms with Crippen molar-refractivity contribution in [2.24, 2.45) is 0 Å². The van der Waals surface area contributed by atoms with Gasteiger partial charge in [0.25, 0.3) is 0 Å². The number of nitrogens with zero attached hydrogens (tertiary/aromatic N) is 3. The van der Waals surface area contributed by atoms with Gasteiger partial charge >= 0.3 is 0 Å². The first kappa shape index (κ1) is 23.2. The fraction of sp³-hybridized carbons (Fsp3) is 0.174. The van der Waals surface area contributed by atoms with Gasteiger partial charge in [0.05, 0.1) is 5.02 Å². The predicted octanol–water partition coefficient (Wildman–Crippen LogP) is 5.12. The molecule has 7 nitrogen and oxygen atoms in total. The van der Waals surface area contributed by atoms with Gasteiger partial charge in [0, 0.05) is 35.7 Å². The highest BCUT2D eigenvalue weighted by molar-refractivity contribution is 6.31. The number of aromatic nitrogens is 2. The molecule has 0 unspecified atom stereocenters. The molecule has 0 aliphatic heterocycles. The molecular formula is C23H24ClFN6O. The van der Waals surface area contributed by atoms with Crippen molar-refractivity contribution in [1.29, 1.82) is 0 Å². The highest BCUT2D eigenvalue weighted by Crippen LogP contribution is 2.26. The van der Waals surface area contributed by atoms with Crippen molar-refractivity contribution < 1.29 is 9.18 Å². The van der Waals surface area contributed by atoms with Gasteiger partial charge in [-0.2, -0.15) is 0 Å². The standard InChI is InChI=1S/C23H24ClFN6O/c1-15-6-7-17(29-23(32)5-4-10-31(2)3)12-20(15)30-22-13-21(26-14-27-22)28-16-8-9-19(25)18(24)11-16/h4-9,11-14H,10H2,1-3H3,(H,29,32)(H2,26,27,28,30). The lowest BCUT2D eigenvalue weighted by molar-refractivity contribution is -0.111. The quantitative estimate of drug-likeness (QED) is 0.410. The number of benzene rings is 2. The minimum Gasteiger partial charge on any atom is -0.340 e. The maximum Gasteiger partial charge on any atom is 0.248 e. The molecule has 1 aromatic heterocycles. The monoisotopic (exact) mass is 454 g/mol. The number of carbonyl (C=O) groups excluding carboxylic acids is 1. The van der Waals surface area contributed by atoms with Crippen LogP contribution in [0.25, 0.3) is 0 Å². The van der Waals surface area contributed by atoms with E-state index in [4.69, 9.17) is 11.6 Å². The average molecular weight is 455 g/mol. The van der Waals surface area contributed by atoms with E-state index in [1.165, 1.54) is 24.5 Å². The molecule has 0 aliphatic rings. The molecule has 0 fully saturated rings. The molecule has 3 aromatic rings. The molecule has 32 heavy (non-hydrogen) atoms. The fourth-order valence-electron chi connectivity index (χ4n) is 2.74. The number of anilines is 5. The first-order valence-electron chi connectivity index (χ1n) is 9.84. The number of nitrogens with one attached hydrogen (secondary N) is 3.